The first-order valence-electron chi connectivity index (χ1n) is 8.62. The minimum Gasteiger partial charge on any atom is -0.380 e. The van der Waals surface area contributed by atoms with Crippen LogP contribution in [0.5, 0.6) is 0 Å². The lowest BCUT2D eigenvalue weighted by molar-refractivity contribution is -0.272. The van der Waals surface area contributed by atoms with E-state index in [4.69, 9.17) is 5.73 Å². The van der Waals surface area contributed by atoms with Crippen molar-refractivity contribution in [2.45, 2.75) is 56.3 Å². The number of hydrogen-bond donors (Lipinski definition) is 2. The number of primary amides is 1. The minimum atomic E-state index is -4.57. The average Bonchev–Trinajstić information content (AvgIpc) is 2.55. The summed E-state index contributed by atoms with van der Waals surface area (Å²) in [6.07, 6.45) is -2.61. The molecule has 1 aliphatic heterocycles. The van der Waals surface area contributed by atoms with Crippen LogP contribution in [0.15, 0.2) is 18.2 Å². The molecule has 0 radical (unpaired) electrons. The molecule has 0 aromatic heterocycles. The summed E-state index contributed by atoms with van der Waals surface area (Å²) in [6.45, 7) is 0.955. The van der Waals surface area contributed by atoms with Gasteiger partial charge in [0.25, 0.3) is 0 Å². The maximum atomic E-state index is 12.9. The summed E-state index contributed by atoms with van der Waals surface area (Å²) in [5.41, 5.74) is 6.01. The monoisotopic (exact) mass is 356 g/mol. The van der Waals surface area contributed by atoms with Gasteiger partial charge in [0.05, 0.1) is 5.92 Å². The molecule has 3 N–H and O–H groups in total. The number of fused-ring (bicyclic) bond motifs is 1. The molecule has 1 atom stereocenters. The molecule has 0 saturated carbocycles. The molecule has 1 fully saturated rings. The Balaban J connectivity index is 1.66. The summed E-state index contributed by atoms with van der Waals surface area (Å²) >= 11 is 0. The zero-order chi connectivity index (χ0) is 18.2. The van der Waals surface area contributed by atoms with Gasteiger partial charge in [-0.05, 0) is 48.8 Å². The fourth-order valence-corrected chi connectivity index (χ4v) is 3.88. The van der Waals surface area contributed by atoms with E-state index in [0.29, 0.717) is 6.54 Å². The number of hydrogen-bond acceptors (Lipinski definition) is 3. The third-order valence-corrected chi connectivity index (χ3v) is 5.48. The lowest BCUT2D eigenvalue weighted by Crippen LogP contribution is -2.53. The fourth-order valence-electron chi connectivity index (χ4n) is 3.88. The number of piperidine rings is 1. The lowest BCUT2D eigenvalue weighted by atomic mass is 9.81. The number of benzene rings is 1. The molecule has 3 rings (SSSR count). The fraction of sp³-hybridized carbons (Fsp3) is 0.611. The van der Waals surface area contributed by atoms with Crippen molar-refractivity contribution in [3.05, 3.63) is 34.9 Å². The van der Waals surface area contributed by atoms with Crippen molar-refractivity contribution in [2.75, 3.05) is 13.1 Å². The van der Waals surface area contributed by atoms with Gasteiger partial charge in [0, 0.05) is 19.6 Å². The van der Waals surface area contributed by atoms with Gasteiger partial charge in [0.1, 0.15) is 0 Å². The summed E-state index contributed by atoms with van der Waals surface area (Å²) in [6, 6.07) is 5.88. The Morgan fingerprint density at radius 1 is 1.32 bits per heavy atom. The third kappa shape index (κ3) is 3.67. The van der Waals surface area contributed by atoms with Crippen LogP contribution < -0.4 is 5.73 Å². The van der Waals surface area contributed by atoms with Crippen LogP contribution in [-0.2, 0) is 17.8 Å². The second-order valence-electron chi connectivity index (χ2n) is 7.19. The highest BCUT2D eigenvalue weighted by Gasteiger charge is 2.54. The predicted molar refractivity (Wildman–Crippen MR) is 86.8 cm³/mol. The lowest BCUT2D eigenvalue weighted by Gasteiger charge is -2.39. The summed E-state index contributed by atoms with van der Waals surface area (Å²) < 4.78 is 38.6. The van der Waals surface area contributed by atoms with Crippen molar-refractivity contribution < 1.29 is 23.1 Å². The van der Waals surface area contributed by atoms with Gasteiger partial charge >= 0.3 is 6.18 Å². The number of aliphatic hydroxyl groups is 1. The van der Waals surface area contributed by atoms with Crippen LogP contribution in [0.2, 0.25) is 0 Å². The predicted octanol–water partition coefficient (Wildman–Crippen LogP) is 2.48. The van der Waals surface area contributed by atoms with E-state index in [-0.39, 0.29) is 37.8 Å². The van der Waals surface area contributed by atoms with E-state index < -0.39 is 11.8 Å². The molecular formula is C18H23F3N2O2. The molecule has 1 saturated heterocycles. The van der Waals surface area contributed by atoms with Crippen LogP contribution in [0, 0.1) is 0 Å². The van der Waals surface area contributed by atoms with Crippen LogP contribution in [0.1, 0.15) is 48.3 Å². The number of aryl methyl sites for hydroxylation is 1. The smallest absolute Gasteiger partial charge is 0.380 e. The molecule has 7 heteroatoms. The van der Waals surface area contributed by atoms with Gasteiger partial charge in [0.15, 0.2) is 5.60 Å². The van der Waals surface area contributed by atoms with Crippen molar-refractivity contribution in [2.24, 2.45) is 5.73 Å². The number of halogens is 3. The van der Waals surface area contributed by atoms with E-state index in [0.717, 1.165) is 36.0 Å². The summed E-state index contributed by atoms with van der Waals surface area (Å²) in [5, 5.41) is 9.74. The maximum Gasteiger partial charge on any atom is 0.417 e. The minimum absolute atomic E-state index is 0.205. The molecule has 1 amide bonds. The van der Waals surface area contributed by atoms with E-state index in [9.17, 15) is 23.1 Å². The quantitative estimate of drug-likeness (QED) is 0.874. The number of nitrogens with two attached hydrogens (primary N) is 1. The van der Waals surface area contributed by atoms with Gasteiger partial charge in [-0.2, -0.15) is 13.2 Å². The number of carbonyl (C=O) groups is 1. The van der Waals surface area contributed by atoms with E-state index in [1.165, 1.54) is 0 Å². The Labute approximate surface area is 144 Å². The Morgan fingerprint density at radius 2 is 2.00 bits per heavy atom. The maximum absolute atomic E-state index is 12.9. The number of rotatable bonds is 3. The zero-order valence-electron chi connectivity index (χ0n) is 14.0. The number of nitrogens with zero attached hydrogens (tertiary/aromatic N) is 1. The average molecular weight is 356 g/mol. The highest BCUT2D eigenvalue weighted by Crippen LogP contribution is 2.38. The number of alkyl halides is 3. The van der Waals surface area contributed by atoms with Crippen molar-refractivity contribution >= 4 is 5.91 Å². The molecule has 1 heterocycles. The first-order valence-corrected chi connectivity index (χ1v) is 8.62. The highest BCUT2D eigenvalue weighted by molar-refractivity contribution is 5.82. The standard InChI is InChI=1S/C18H23F3N2O2/c19-18(20,21)17(25)6-8-23(9-7-17)11-12-4-5-14-13(10-12)2-1-3-15(14)16(22)24/h4-5,10,15,25H,1-3,6-9,11H2,(H2,22,24). The van der Waals surface area contributed by atoms with Crippen LogP contribution in [0.3, 0.4) is 0 Å². The Bertz CT molecular complexity index is 652. The van der Waals surface area contributed by atoms with Gasteiger partial charge in [-0.3, -0.25) is 9.69 Å². The molecule has 0 spiro atoms. The molecule has 1 aliphatic carbocycles. The Morgan fingerprint density at radius 3 is 2.60 bits per heavy atom. The van der Waals surface area contributed by atoms with Crippen LogP contribution in [0.25, 0.3) is 0 Å². The first kappa shape index (κ1) is 18.2. The Hall–Kier alpha value is -1.60. The molecule has 1 unspecified atom stereocenters. The highest BCUT2D eigenvalue weighted by atomic mass is 19.4. The molecule has 25 heavy (non-hydrogen) atoms. The number of carbonyl (C=O) groups excluding carboxylic acids is 1. The van der Waals surface area contributed by atoms with E-state index >= 15 is 0 Å². The first-order chi connectivity index (χ1) is 11.7. The SMILES string of the molecule is NC(=O)C1CCCc2cc(CN3CCC(O)(C(F)(F)F)CC3)ccc21. The Kier molecular flexibility index (Phi) is 4.81. The number of amides is 1. The second-order valence-corrected chi connectivity index (χ2v) is 7.19. The normalized spacial score (nSPS) is 23.9. The van der Waals surface area contributed by atoms with Crippen molar-refractivity contribution in [1.29, 1.82) is 0 Å². The molecule has 1 aromatic carbocycles. The van der Waals surface area contributed by atoms with E-state index in [1.54, 1.807) is 0 Å². The molecule has 4 nitrogen and oxygen atoms in total. The third-order valence-electron chi connectivity index (χ3n) is 5.48. The van der Waals surface area contributed by atoms with Crippen LogP contribution in [0.4, 0.5) is 13.2 Å². The topological polar surface area (TPSA) is 66.6 Å². The molecule has 0 bridgehead atoms. The van der Waals surface area contributed by atoms with Crippen LogP contribution >= 0.6 is 0 Å². The summed E-state index contributed by atoms with van der Waals surface area (Å²) in [5.74, 6) is -0.550. The largest absolute Gasteiger partial charge is 0.417 e. The van der Waals surface area contributed by atoms with Gasteiger partial charge in [-0.25, -0.2) is 0 Å². The van der Waals surface area contributed by atoms with Crippen molar-refractivity contribution in [3.8, 4) is 0 Å². The summed E-state index contributed by atoms with van der Waals surface area (Å²) in [7, 11) is 0. The summed E-state index contributed by atoms with van der Waals surface area (Å²) in [4.78, 5) is 13.5. The van der Waals surface area contributed by atoms with Gasteiger partial charge in [-0.1, -0.05) is 18.2 Å². The molecular weight excluding hydrogens is 333 g/mol. The molecule has 2 aliphatic rings. The molecule has 138 valence electrons. The van der Waals surface area contributed by atoms with Gasteiger partial charge in [-0.15, -0.1) is 0 Å². The van der Waals surface area contributed by atoms with Crippen LogP contribution in [-0.4, -0.2) is 40.8 Å². The van der Waals surface area contributed by atoms with E-state index in [1.807, 2.05) is 23.1 Å². The molecule has 1 aromatic rings. The van der Waals surface area contributed by atoms with E-state index in [2.05, 4.69) is 0 Å². The van der Waals surface area contributed by atoms with Crippen molar-refractivity contribution in [3.63, 3.8) is 0 Å². The number of likely N-dealkylation sites (tertiary alicyclic amines) is 1. The zero-order valence-corrected chi connectivity index (χ0v) is 14.0. The van der Waals surface area contributed by atoms with Crippen molar-refractivity contribution in [1.82, 2.24) is 4.90 Å². The van der Waals surface area contributed by atoms with Gasteiger partial charge < -0.3 is 10.8 Å². The van der Waals surface area contributed by atoms with Gasteiger partial charge in [0.2, 0.25) is 5.91 Å². The second kappa shape index (κ2) is 6.61.